The number of unbranched alkanes of at least 4 members (excludes halogenated alkanes) is 4. The van der Waals surface area contributed by atoms with Crippen LogP contribution in [-0.4, -0.2) is 41.1 Å². The Morgan fingerprint density at radius 3 is 2.37 bits per heavy atom. The Morgan fingerprint density at radius 1 is 1.19 bits per heavy atom. The summed E-state index contributed by atoms with van der Waals surface area (Å²) in [5.74, 6) is -1.15. The number of rotatable bonds is 10. The van der Waals surface area contributed by atoms with Gasteiger partial charge in [0.1, 0.15) is 12.2 Å². The molecule has 1 aliphatic heterocycles. The van der Waals surface area contributed by atoms with Gasteiger partial charge in [0.2, 0.25) is 5.91 Å². The molecule has 0 aromatic heterocycles. The van der Waals surface area contributed by atoms with Crippen LogP contribution in [0.2, 0.25) is 0 Å². The molecule has 2 atom stereocenters. The van der Waals surface area contributed by atoms with Crippen molar-refractivity contribution in [2.24, 2.45) is 11.8 Å². The highest BCUT2D eigenvalue weighted by Crippen LogP contribution is 2.26. The van der Waals surface area contributed by atoms with Crippen molar-refractivity contribution in [1.82, 2.24) is 4.90 Å². The summed E-state index contributed by atoms with van der Waals surface area (Å²) in [5.41, 5.74) is -0.598. The third-order valence-corrected chi connectivity index (χ3v) is 4.75. The highest BCUT2D eigenvalue weighted by Gasteiger charge is 2.42. The fourth-order valence-corrected chi connectivity index (χ4v) is 3.27. The van der Waals surface area contributed by atoms with Crippen molar-refractivity contribution in [3.8, 4) is 0 Å². The van der Waals surface area contributed by atoms with Gasteiger partial charge in [0.05, 0.1) is 12.5 Å². The van der Waals surface area contributed by atoms with Gasteiger partial charge in [0, 0.05) is 5.92 Å². The standard InChI is InChI=1S/C21H37NO5/c1-7-8-9-10-11-12-16(13-18(23)27-21(4,5)6)19(24)22-17(15(2)3)14-26-20(22)25/h15-17H,7-14H2,1-6H3. The number of esters is 1. The first kappa shape index (κ1) is 23.4. The fourth-order valence-electron chi connectivity index (χ4n) is 3.27. The molecular formula is C21H37NO5. The molecule has 1 saturated heterocycles. The van der Waals surface area contributed by atoms with Crippen molar-refractivity contribution in [3.05, 3.63) is 0 Å². The van der Waals surface area contributed by atoms with E-state index in [1.165, 1.54) is 11.3 Å². The summed E-state index contributed by atoms with van der Waals surface area (Å²) >= 11 is 0. The second kappa shape index (κ2) is 10.7. The monoisotopic (exact) mass is 383 g/mol. The van der Waals surface area contributed by atoms with Crippen molar-refractivity contribution in [1.29, 1.82) is 0 Å². The van der Waals surface area contributed by atoms with Gasteiger partial charge in [0.15, 0.2) is 0 Å². The molecule has 0 aromatic rings. The summed E-state index contributed by atoms with van der Waals surface area (Å²) in [5, 5.41) is 0. The summed E-state index contributed by atoms with van der Waals surface area (Å²) in [7, 11) is 0. The zero-order valence-corrected chi connectivity index (χ0v) is 17.9. The molecule has 0 radical (unpaired) electrons. The molecule has 0 spiro atoms. The number of amides is 2. The van der Waals surface area contributed by atoms with E-state index in [0.717, 1.165) is 25.7 Å². The molecule has 0 saturated carbocycles. The molecule has 6 nitrogen and oxygen atoms in total. The Hall–Kier alpha value is -1.59. The average molecular weight is 384 g/mol. The molecule has 0 aliphatic carbocycles. The van der Waals surface area contributed by atoms with E-state index >= 15 is 0 Å². The van der Waals surface area contributed by atoms with Crippen LogP contribution in [0, 0.1) is 11.8 Å². The van der Waals surface area contributed by atoms with Gasteiger partial charge in [-0.25, -0.2) is 9.69 Å². The van der Waals surface area contributed by atoms with E-state index in [4.69, 9.17) is 9.47 Å². The normalized spacial score (nSPS) is 18.6. The van der Waals surface area contributed by atoms with Crippen LogP contribution in [0.15, 0.2) is 0 Å². The van der Waals surface area contributed by atoms with E-state index in [2.05, 4.69) is 6.92 Å². The number of hydrogen-bond donors (Lipinski definition) is 0. The molecule has 0 N–H and O–H groups in total. The minimum Gasteiger partial charge on any atom is -0.460 e. The van der Waals surface area contributed by atoms with Crippen LogP contribution in [-0.2, 0) is 19.1 Å². The van der Waals surface area contributed by atoms with Crippen LogP contribution in [0.5, 0.6) is 0 Å². The molecule has 2 amide bonds. The molecular weight excluding hydrogens is 346 g/mol. The van der Waals surface area contributed by atoms with Gasteiger partial charge in [-0.05, 0) is 33.1 Å². The van der Waals surface area contributed by atoms with Gasteiger partial charge in [-0.15, -0.1) is 0 Å². The van der Waals surface area contributed by atoms with Gasteiger partial charge in [0.25, 0.3) is 0 Å². The molecule has 156 valence electrons. The first-order valence-corrected chi connectivity index (χ1v) is 10.3. The maximum Gasteiger partial charge on any atom is 0.416 e. The quantitative estimate of drug-likeness (QED) is 0.404. The smallest absolute Gasteiger partial charge is 0.416 e. The highest BCUT2D eigenvalue weighted by molar-refractivity contribution is 5.96. The van der Waals surface area contributed by atoms with Crippen LogP contribution in [0.25, 0.3) is 0 Å². The van der Waals surface area contributed by atoms with E-state index in [9.17, 15) is 14.4 Å². The number of carbonyl (C=O) groups excluding carboxylic acids is 3. The predicted octanol–water partition coefficient (Wildman–Crippen LogP) is 4.70. The highest BCUT2D eigenvalue weighted by atomic mass is 16.6. The summed E-state index contributed by atoms with van der Waals surface area (Å²) in [4.78, 5) is 38.8. The van der Waals surface area contributed by atoms with E-state index in [1.54, 1.807) is 20.8 Å². The van der Waals surface area contributed by atoms with Gasteiger partial charge in [-0.1, -0.05) is 52.9 Å². The lowest BCUT2D eigenvalue weighted by Gasteiger charge is -2.27. The molecule has 1 fully saturated rings. The zero-order chi connectivity index (χ0) is 20.6. The van der Waals surface area contributed by atoms with Crippen LogP contribution in [0.3, 0.4) is 0 Å². The largest absolute Gasteiger partial charge is 0.460 e. The second-order valence-corrected chi connectivity index (χ2v) is 8.79. The van der Waals surface area contributed by atoms with Crippen LogP contribution in [0.1, 0.15) is 86.5 Å². The summed E-state index contributed by atoms with van der Waals surface area (Å²) in [6.07, 6.45) is 5.28. The first-order valence-electron chi connectivity index (χ1n) is 10.3. The Balaban J connectivity index is 2.82. The Labute approximate surface area is 164 Å². The second-order valence-electron chi connectivity index (χ2n) is 8.79. The summed E-state index contributed by atoms with van der Waals surface area (Å²) in [6.45, 7) is 11.7. The minimum absolute atomic E-state index is 0.00151. The SMILES string of the molecule is CCCCCCCC(CC(=O)OC(C)(C)C)C(=O)N1C(=O)OCC1C(C)C. The number of ether oxygens (including phenoxy) is 2. The molecule has 0 aromatic carbocycles. The van der Waals surface area contributed by atoms with Gasteiger partial charge in [-0.2, -0.15) is 0 Å². The van der Waals surface area contributed by atoms with E-state index in [0.29, 0.717) is 6.42 Å². The topological polar surface area (TPSA) is 72.9 Å². The number of hydrogen-bond acceptors (Lipinski definition) is 5. The molecule has 6 heteroatoms. The van der Waals surface area contributed by atoms with Gasteiger partial charge >= 0.3 is 12.1 Å². The Bertz CT molecular complexity index is 509. The van der Waals surface area contributed by atoms with Gasteiger partial charge < -0.3 is 9.47 Å². The lowest BCUT2D eigenvalue weighted by Crippen LogP contribution is -2.45. The average Bonchev–Trinajstić information content (AvgIpc) is 2.93. The molecule has 1 aliphatic rings. The third-order valence-electron chi connectivity index (χ3n) is 4.75. The first-order chi connectivity index (χ1) is 12.6. The maximum atomic E-state index is 13.1. The molecule has 27 heavy (non-hydrogen) atoms. The number of imide groups is 1. The third kappa shape index (κ3) is 7.89. The zero-order valence-electron chi connectivity index (χ0n) is 17.9. The molecule has 1 rings (SSSR count). The lowest BCUT2D eigenvalue weighted by molar-refractivity contribution is -0.158. The van der Waals surface area contributed by atoms with E-state index < -0.39 is 23.6 Å². The molecule has 1 heterocycles. The van der Waals surface area contributed by atoms with Crippen molar-refractivity contribution in [2.75, 3.05) is 6.61 Å². The Kier molecular flexibility index (Phi) is 9.27. The molecule has 2 unspecified atom stereocenters. The van der Waals surface area contributed by atoms with E-state index in [-0.39, 0.29) is 30.9 Å². The van der Waals surface area contributed by atoms with Crippen molar-refractivity contribution < 1.29 is 23.9 Å². The predicted molar refractivity (Wildman–Crippen MR) is 104 cm³/mol. The van der Waals surface area contributed by atoms with Crippen LogP contribution < -0.4 is 0 Å². The number of nitrogens with zero attached hydrogens (tertiary/aromatic N) is 1. The van der Waals surface area contributed by atoms with E-state index in [1.807, 2.05) is 13.8 Å². The maximum absolute atomic E-state index is 13.1. The van der Waals surface area contributed by atoms with Crippen LogP contribution >= 0.6 is 0 Å². The fraction of sp³-hybridized carbons (Fsp3) is 0.857. The minimum atomic E-state index is -0.598. The van der Waals surface area contributed by atoms with Crippen molar-refractivity contribution in [2.45, 2.75) is 98.1 Å². The lowest BCUT2D eigenvalue weighted by atomic mass is 9.94. The number of cyclic esters (lactones) is 1. The Morgan fingerprint density at radius 2 is 1.81 bits per heavy atom. The van der Waals surface area contributed by atoms with Gasteiger partial charge in [-0.3, -0.25) is 9.59 Å². The summed E-state index contributed by atoms with van der Waals surface area (Å²) < 4.78 is 10.5. The molecule has 0 bridgehead atoms. The van der Waals surface area contributed by atoms with Crippen LogP contribution in [0.4, 0.5) is 4.79 Å². The van der Waals surface area contributed by atoms with Crippen molar-refractivity contribution >= 4 is 18.0 Å². The summed E-state index contributed by atoms with van der Waals surface area (Å²) in [6, 6.07) is -0.272. The van der Waals surface area contributed by atoms with Crippen molar-refractivity contribution in [3.63, 3.8) is 0 Å². The number of carbonyl (C=O) groups is 3.